The Balaban J connectivity index is 2.06. The van der Waals surface area contributed by atoms with Crippen LogP contribution in [0.5, 0.6) is 0 Å². The third-order valence-electron chi connectivity index (χ3n) is 4.37. The van der Waals surface area contributed by atoms with E-state index in [0.29, 0.717) is 24.8 Å². The van der Waals surface area contributed by atoms with E-state index in [1.165, 1.54) is 0 Å². The lowest BCUT2D eigenvalue weighted by Crippen LogP contribution is -2.31. The zero-order valence-electron chi connectivity index (χ0n) is 13.7. The number of likely N-dealkylation sites (tertiary alicyclic amines) is 1. The number of hydrogen-bond donors (Lipinski definition) is 1. The van der Waals surface area contributed by atoms with Crippen LogP contribution in [-0.2, 0) is 17.8 Å². The number of carbonyl (C=O) groups is 1. The minimum atomic E-state index is 0.209. The number of carbonyl (C=O) groups excluding carboxylic acids is 1. The van der Waals surface area contributed by atoms with Gasteiger partial charge in [-0.3, -0.25) is 9.48 Å². The Morgan fingerprint density at radius 3 is 2.71 bits per heavy atom. The van der Waals surface area contributed by atoms with Gasteiger partial charge in [-0.05, 0) is 38.6 Å². The van der Waals surface area contributed by atoms with Crippen molar-refractivity contribution >= 4 is 5.91 Å². The quantitative estimate of drug-likeness (QED) is 0.894. The molecule has 0 aromatic carbocycles. The van der Waals surface area contributed by atoms with Gasteiger partial charge in [0, 0.05) is 30.9 Å². The Morgan fingerprint density at radius 1 is 1.43 bits per heavy atom. The van der Waals surface area contributed by atoms with Gasteiger partial charge in [0.25, 0.3) is 0 Å². The van der Waals surface area contributed by atoms with Crippen LogP contribution < -0.4 is 5.73 Å². The Kier molecular flexibility index (Phi) is 5.04. The highest BCUT2D eigenvalue weighted by Gasteiger charge is 2.26. The van der Waals surface area contributed by atoms with Crippen LogP contribution in [0.1, 0.15) is 37.2 Å². The van der Waals surface area contributed by atoms with Gasteiger partial charge in [-0.1, -0.05) is 13.8 Å². The normalized spacial score (nSPS) is 18.8. The molecule has 1 aromatic heterocycles. The lowest BCUT2D eigenvalue weighted by atomic mass is 10.1. The maximum atomic E-state index is 12.5. The molecule has 1 aromatic rings. The van der Waals surface area contributed by atoms with Crippen LogP contribution in [0.2, 0.25) is 0 Å². The van der Waals surface area contributed by atoms with E-state index in [0.717, 1.165) is 43.0 Å². The molecule has 118 valence electrons. The van der Waals surface area contributed by atoms with E-state index in [9.17, 15) is 4.79 Å². The van der Waals surface area contributed by atoms with Crippen molar-refractivity contribution in [3.05, 3.63) is 17.0 Å². The maximum Gasteiger partial charge on any atom is 0.227 e. The summed E-state index contributed by atoms with van der Waals surface area (Å²) in [4.78, 5) is 14.4. The molecule has 1 fully saturated rings. The summed E-state index contributed by atoms with van der Waals surface area (Å²) < 4.78 is 2.04. The average Bonchev–Trinajstić information content (AvgIpc) is 2.99. The second kappa shape index (κ2) is 6.60. The summed E-state index contributed by atoms with van der Waals surface area (Å²) in [7, 11) is 0. The third kappa shape index (κ3) is 3.64. The summed E-state index contributed by atoms with van der Waals surface area (Å²) in [6.07, 6.45) is 1.50. The van der Waals surface area contributed by atoms with Gasteiger partial charge in [0.1, 0.15) is 0 Å². The van der Waals surface area contributed by atoms with E-state index in [4.69, 9.17) is 5.73 Å². The van der Waals surface area contributed by atoms with Crippen LogP contribution in [0.4, 0.5) is 0 Å². The van der Waals surface area contributed by atoms with Gasteiger partial charge in [-0.2, -0.15) is 5.10 Å². The molecule has 2 rings (SSSR count). The number of amides is 1. The van der Waals surface area contributed by atoms with E-state index < -0.39 is 0 Å². The first-order chi connectivity index (χ1) is 9.92. The Morgan fingerprint density at radius 2 is 2.14 bits per heavy atom. The molecule has 0 saturated carbocycles. The molecular weight excluding hydrogens is 264 g/mol. The second-order valence-electron chi connectivity index (χ2n) is 6.63. The molecule has 1 aliphatic rings. The fourth-order valence-corrected chi connectivity index (χ4v) is 3.03. The van der Waals surface area contributed by atoms with Crippen LogP contribution in [0.15, 0.2) is 0 Å². The Bertz CT molecular complexity index is 507. The molecule has 1 aliphatic heterocycles. The summed E-state index contributed by atoms with van der Waals surface area (Å²) in [5.74, 6) is 1.23. The van der Waals surface area contributed by atoms with Crippen LogP contribution in [-0.4, -0.2) is 40.2 Å². The van der Waals surface area contributed by atoms with Gasteiger partial charge in [-0.15, -0.1) is 0 Å². The van der Waals surface area contributed by atoms with Gasteiger partial charge in [0.15, 0.2) is 0 Å². The third-order valence-corrected chi connectivity index (χ3v) is 4.37. The molecule has 1 unspecified atom stereocenters. The van der Waals surface area contributed by atoms with Gasteiger partial charge in [0.05, 0.1) is 12.1 Å². The highest BCUT2D eigenvalue weighted by Crippen LogP contribution is 2.19. The minimum Gasteiger partial charge on any atom is -0.342 e. The number of hydrogen-bond acceptors (Lipinski definition) is 3. The molecule has 5 nitrogen and oxygen atoms in total. The first kappa shape index (κ1) is 16.0. The zero-order valence-corrected chi connectivity index (χ0v) is 13.7. The molecule has 2 heterocycles. The number of nitrogens with zero attached hydrogens (tertiary/aromatic N) is 3. The van der Waals surface area contributed by atoms with Crippen LogP contribution in [0.25, 0.3) is 0 Å². The molecule has 0 aliphatic carbocycles. The number of aromatic nitrogens is 2. The molecule has 2 N–H and O–H groups in total. The van der Waals surface area contributed by atoms with Gasteiger partial charge < -0.3 is 10.6 Å². The van der Waals surface area contributed by atoms with E-state index in [1.807, 2.05) is 16.5 Å². The van der Waals surface area contributed by atoms with Crippen molar-refractivity contribution in [1.82, 2.24) is 14.7 Å². The largest absolute Gasteiger partial charge is 0.342 e. The van der Waals surface area contributed by atoms with Crippen molar-refractivity contribution in [2.75, 3.05) is 19.6 Å². The molecule has 5 heteroatoms. The first-order valence-corrected chi connectivity index (χ1v) is 7.93. The molecule has 21 heavy (non-hydrogen) atoms. The van der Waals surface area contributed by atoms with Crippen molar-refractivity contribution in [1.29, 1.82) is 0 Å². The minimum absolute atomic E-state index is 0.209. The molecule has 1 saturated heterocycles. The monoisotopic (exact) mass is 292 g/mol. The number of rotatable bonds is 5. The van der Waals surface area contributed by atoms with Gasteiger partial charge >= 0.3 is 0 Å². The lowest BCUT2D eigenvalue weighted by Gasteiger charge is -2.16. The smallest absolute Gasteiger partial charge is 0.227 e. The fraction of sp³-hybridized carbons (Fsp3) is 0.750. The Hall–Kier alpha value is -1.36. The van der Waals surface area contributed by atoms with Crippen molar-refractivity contribution in [3.8, 4) is 0 Å². The lowest BCUT2D eigenvalue weighted by molar-refractivity contribution is -0.129. The number of aryl methyl sites for hydroxylation is 1. The molecule has 0 bridgehead atoms. The molecule has 0 spiro atoms. The summed E-state index contributed by atoms with van der Waals surface area (Å²) in [6.45, 7) is 11.7. The topological polar surface area (TPSA) is 64.2 Å². The van der Waals surface area contributed by atoms with Gasteiger partial charge in [0.2, 0.25) is 5.91 Å². The van der Waals surface area contributed by atoms with Crippen molar-refractivity contribution in [2.45, 2.75) is 47.1 Å². The average molecular weight is 292 g/mol. The second-order valence-corrected chi connectivity index (χ2v) is 6.63. The zero-order chi connectivity index (χ0) is 15.6. The summed E-state index contributed by atoms with van der Waals surface area (Å²) in [5, 5.41) is 4.59. The van der Waals surface area contributed by atoms with Crippen molar-refractivity contribution in [3.63, 3.8) is 0 Å². The fourth-order valence-electron chi connectivity index (χ4n) is 3.03. The number of nitrogens with two attached hydrogens (primary N) is 1. The molecule has 1 atom stereocenters. The Labute approximate surface area is 127 Å². The van der Waals surface area contributed by atoms with E-state index in [1.54, 1.807) is 0 Å². The first-order valence-electron chi connectivity index (χ1n) is 7.93. The highest BCUT2D eigenvalue weighted by molar-refractivity contribution is 5.79. The molecular formula is C16H28N4O. The van der Waals surface area contributed by atoms with Crippen LogP contribution in [0.3, 0.4) is 0 Å². The standard InChI is InChI=1S/C16H28N4O/c1-11(2)9-20-13(4)15(12(3)18-20)7-16(21)19-6-5-14(8-17)10-19/h11,14H,5-10,17H2,1-4H3. The van der Waals surface area contributed by atoms with E-state index >= 15 is 0 Å². The van der Waals surface area contributed by atoms with E-state index in [2.05, 4.69) is 25.9 Å². The van der Waals surface area contributed by atoms with Crippen molar-refractivity contribution in [2.24, 2.45) is 17.6 Å². The summed E-state index contributed by atoms with van der Waals surface area (Å²) in [5.41, 5.74) is 8.90. The highest BCUT2D eigenvalue weighted by atomic mass is 16.2. The summed E-state index contributed by atoms with van der Waals surface area (Å²) in [6, 6.07) is 0. The summed E-state index contributed by atoms with van der Waals surface area (Å²) >= 11 is 0. The predicted molar refractivity (Wildman–Crippen MR) is 84.0 cm³/mol. The van der Waals surface area contributed by atoms with Crippen LogP contribution >= 0.6 is 0 Å². The molecule has 0 radical (unpaired) electrons. The van der Waals surface area contributed by atoms with E-state index in [-0.39, 0.29) is 5.91 Å². The predicted octanol–water partition coefficient (Wildman–Crippen LogP) is 1.51. The van der Waals surface area contributed by atoms with Crippen molar-refractivity contribution < 1.29 is 4.79 Å². The molecule has 1 amide bonds. The SMILES string of the molecule is Cc1nn(CC(C)C)c(C)c1CC(=O)N1CCC(CN)C1. The van der Waals surface area contributed by atoms with Gasteiger partial charge in [-0.25, -0.2) is 0 Å². The van der Waals surface area contributed by atoms with Crippen LogP contribution in [0, 0.1) is 25.7 Å². The maximum absolute atomic E-state index is 12.5.